The standard InChI is InChI=1S/C22H26N4O3S/c1-15(2)25-30(28,29)18-11-9-16(10-12-18)22(27)26-13-5-6-17(14-26)21-23-19-7-3-4-8-20(19)24-21/h3-4,7-12,15,17,25H,5-6,13-14H2,1-2H3,(H,23,24)/t17-/m1/s1. The quantitative estimate of drug-likeness (QED) is 0.655. The third-order valence-electron chi connectivity index (χ3n) is 5.31. The molecule has 1 amide bonds. The van der Waals surface area contributed by atoms with E-state index in [0.29, 0.717) is 18.7 Å². The Hall–Kier alpha value is -2.71. The Kier molecular flexibility index (Phi) is 5.62. The molecule has 1 aliphatic heterocycles. The minimum Gasteiger partial charge on any atom is -0.342 e. The van der Waals surface area contributed by atoms with Crippen molar-refractivity contribution >= 4 is 27.0 Å². The van der Waals surface area contributed by atoms with E-state index in [1.165, 1.54) is 12.1 Å². The number of aromatic amines is 1. The predicted octanol–water partition coefficient (Wildman–Crippen LogP) is 3.27. The summed E-state index contributed by atoms with van der Waals surface area (Å²) in [6.45, 7) is 4.81. The summed E-state index contributed by atoms with van der Waals surface area (Å²) < 4.78 is 27.1. The minimum atomic E-state index is -3.57. The Balaban J connectivity index is 1.49. The number of para-hydroxylation sites is 2. The molecule has 1 saturated heterocycles. The Bertz CT molecular complexity index is 1120. The largest absolute Gasteiger partial charge is 0.342 e. The molecule has 2 N–H and O–H groups in total. The normalized spacial score (nSPS) is 17.6. The van der Waals surface area contributed by atoms with Crippen molar-refractivity contribution in [2.24, 2.45) is 0 Å². The van der Waals surface area contributed by atoms with Gasteiger partial charge >= 0.3 is 0 Å². The number of nitrogens with zero attached hydrogens (tertiary/aromatic N) is 2. The van der Waals surface area contributed by atoms with E-state index < -0.39 is 10.0 Å². The number of H-pyrrole nitrogens is 1. The van der Waals surface area contributed by atoms with Gasteiger partial charge < -0.3 is 9.88 Å². The van der Waals surface area contributed by atoms with E-state index in [1.807, 2.05) is 29.2 Å². The number of hydrogen-bond acceptors (Lipinski definition) is 4. The van der Waals surface area contributed by atoms with Crippen molar-refractivity contribution in [2.75, 3.05) is 13.1 Å². The zero-order chi connectivity index (χ0) is 21.3. The van der Waals surface area contributed by atoms with Crippen molar-refractivity contribution < 1.29 is 13.2 Å². The molecule has 1 aliphatic rings. The van der Waals surface area contributed by atoms with E-state index in [4.69, 9.17) is 4.98 Å². The van der Waals surface area contributed by atoms with Gasteiger partial charge in [0.15, 0.2) is 0 Å². The van der Waals surface area contributed by atoms with Crippen molar-refractivity contribution in [2.45, 2.75) is 43.5 Å². The minimum absolute atomic E-state index is 0.0865. The van der Waals surface area contributed by atoms with Crippen LogP contribution in [0.1, 0.15) is 48.8 Å². The maximum Gasteiger partial charge on any atom is 0.253 e. The highest BCUT2D eigenvalue weighted by Gasteiger charge is 2.27. The average molecular weight is 427 g/mol. The number of sulfonamides is 1. The SMILES string of the molecule is CC(C)NS(=O)(=O)c1ccc(C(=O)N2CCC[C@@H](c3nc4ccccc4[nH]3)C2)cc1. The highest BCUT2D eigenvalue weighted by atomic mass is 32.2. The van der Waals surface area contributed by atoms with Crippen LogP contribution in [0.3, 0.4) is 0 Å². The molecule has 0 spiro atoms. The van der Waals surface area contributed by atoms with Gasteiger partial charge in [-0.15, -0.1) is 0 Å². The zero-order valence-corrected chi connectivity index (χ0v) is 17.9. The molecule has 0 bridgehead atoms. The number of fused-ring (bicyclic) bond motifs is 1. The van der Waals surface area contributed by atoms with Crippen molar-refractivity contribution in [3.8, 4) is 0 Å². The molecule has 8 heteroatoms. The predicted molar refractivity (Wildman–Crippen MR) is 116 cm³/mol. The number of amides is 1. The van der Waals surface area contributed by atoms with Gasteiger partial charge in [-0.1, -0.05) is 12.1 Å². The van der Waals surface area contributed by atoms with E-state index >= 15 is 0 Å². The van der Waals surface area contributed by atoms with Crippen molar-refractivity contribution in [3.05, 3.63) is 59.9 Å². The number of carbonyl (C=O) groups is 1. The topological polar surface area (TPSA) is 95.2 Å². The molecule has 7 nitrogen and oxygen atoms in total. The first-order valence-electron chi connectivity index (χ1n) is 10.2. The van der Waals surface area contributed by atoms with Crippen LogP contribution < -0.4 is 4.72 Å². The fraction of sp³-hybridized carbons (Fsp3) is 0.364. The highest BCUT2D eigenvalue weighted by Crippen LogP contribution is 2.27. The summed E-state index contributed by atoms with van der Waals surface area (Å²) in [6, 6.07) is 13.9. The maximum atomic E-state index is 13.0. The van der Waals surface area contributed by atoms with Crippen LogP contribution in [0, 0.1) is 0 Å². The molecule has 0 radical (unpaired) electrons. The molecule has 1 aromatic heterocycles. The lowest BCUT2D eigenvalue weighted by atomic mass is 9.96. The average Bonchev–Trinajstić information content (AvgIpc) is 3.17. The van der Waals surface area contributed by atoms with Crippen molar-refractivity contribution in [1.29, 1.82) is 0 Å². The smallest absolute Gasteiger partial charge is 0.253 e. The summed E-state index contributed by atoms with van der Waals surface area (Å²) in [5, 5.41) is 0. The Labute approximate surface area is 176 Å². The molecule has 2 heterocycles. The van der Waals surface area contributed by atoms with Gasteiger partial charge in [0, 0.05) is 30.6 Å². The third-order valence-corrected chi connectivity index (χ3v) is 6.98. The first-order chi connectivity index (χ1) is 14.3. The van der Waals surface area contributed by atoms with Crippen LogP contribution >= 0.6 is 0 Å². The van der Waals surface area contributed by atoms with Gasteiger partial charge in [-0.3, -0.25) is 4.79 Å². The highest BCUT2D eigenvalue weighted by molar-refractivity contribution is 7.89. The second-order valence-corrected chi connectivity index (χ2v) is 9.74. The first kappa shape index (κ1) is 20.6. The number of carbonyl (C=O) groups excluding carboxylic acids is 1. The van der Waals surface area contributed by atoms with Crippen LogP contribution in [0.5, 0.6) is 0 Å². The molecule has 4 rings (SSSR count). The van der Waals surface area contributed by atoms with E-state index in [0.717, 1.165) is 29.7 Å². The number of aromatic nitrogens is 2. The molecule has 0 unspecified atom stereocenters. The molecule has 158 valence electrons. The molecule has 0 aliphatic carbocycles. The van der Waals surface area contributed by atoms with Crippen LogP contribution in [0.4, 0.5) is 0 Å². The van der Waals surface area contributed by atoms with Gasteiger partial charge in [0.1, 0.15) is 5.82 Å². The zero-order valence-electron chi connectivity index (χ0n) is 17.1. The van der Waals surface area contributed by atoms with Crippen LogP contribution in [0.15, 0.2) is 53.4 Å². The number of likely N-dealkylation sites (tertiary alicyclic amines) is 1. The van der Waals surface area contributed by atoms with Gasteiger partial charge in [0.2, 0.25) is 10.0 Å². The molecule has 30 heavy (non-hydrogen) atoms. The summed E-state index contributed by atoms with van der Waals surface area (Å²) in [7, 11) is -3.57. The van der Waals surface area contributed by atoms with E-state index in [9.17, 15) is 13.2 Å². The third kappa shape index (κ3) is 4.24. The number of imidazole rings is 1. The van der Waals surface area contributed by atoms with E-state index in [2.05, 4.69) is 9.71 Å². The monoisotopic (exact) mass is 426 g/mol. The second-order valence-electron chi connectivity index (χ2n) is 8.03. The lowest BCUT2D eigenvalue weighted by Crippen LogP contribution is -2.39. The van der Waals surface area contributed by atoms with Crippen LogP contribution in [-0.2, 0) is 10.0 Å². The summed E-state index contributed by atoms with van der Waals surface area (Å²) in [4.78, 5) is 23.1. The van der Waals surface area contributed by atoms with Crippen LogP contribution in [-0.4, -0.2) is 48.3 Å². The van der Waals surface area contributed by atoms with Crippen molar-refractivity contribution in [3.63, 3.8) is 0 Å². The molecule has 2 aromatic carbocycles. The lowest BCUT2D eigenvalue weighted by molar-refractivity contribution is 0.0705. The van der Waals surface area contributed by atoms with Crippen LogP contribution in [0.2, 0.25) is 0 Å². The fourth-order valence-corrected chi connectivity index (χ4v) is 5.14. The molecule has 3 aromatic rings. The summed E-state index contributed by atoms with van der Waals surface area (Å²) in [6.07, 6.45) is 1.87. The summed E-state index contributed by atoms with van der Waals surface area (Å²) in [5.41, 5.74) is 2.43. The first-order valence-corrected chi connectivity index (χ1v) is 11.7. The van der Waals surface area contributed by atoms with Crippen LogP contribution in [0.25, 0.3) is 11.0 Å². The Morgan fingerprint density at radius 3 is 2.60 bits per heavy atom. The van der Waals surface area contributed by atoms with Gasteiger partial charge in [0.05, 0.1) is 15.9 Å². The van der Waals surface area contributed by atoms with E-state index in [-0.39, 0.29) is 22.8 Å². The molecule has 1 fully saturated rings. The van der Waals surface area contributed by atoms with Gasteiger partial charge in [-0.2, -0.15) is 0 Å². The number of hydrogen-bond donors (Lipinski definition) is 2. The molecule has 0 saturated carbocycles. The van der Waals surface area contributed by atoms with Gasteiger partial charge in [0.25, 0.3) is 5.91 Å². The number of benzene rings is 2. The summed E-state index contributed by atoms with van der Waals surface area (Å²) >= 11 is 0. The van der Waals surface area contributed by atoms with E-state index in [1.54, 1.807) is 26.0 Å². The number of nitrogens with one attached hydrogen (secondary N) is 2. The second kappa shape index (κ2) is 8.20. The van der Waals surface area contributed by atoms with Gasteiger partial charge in [-0.25, -0.2) is 18.1 Å². The number of rotatable bonds is 5. The van der Waals surface area contributed by atoms with Crippen molar-refractivity contribution in [1.82, 2.24) is 19.6 Å². The molecule has 1 atom stereocenters. The Morgan fingerprint density at radius 2 is 1.90 bits per heavy atom. The Morgan fingerprint density at radius 1 is 1.17 bits per heavy atom. The molecular weight excluding hydrogens is 400 g/mol. The maximum absolute atomic E-state index is 13.0. The summed E-state index contributed by atoms with van der Waals surface area (Å²) in [5.74, 6) is 0.983. The number of piperidine rings is 1. The molecular formula is C22H26N4O3S. The fourth-order valence-electron chi connectivity index (χ4n) is 3.89. The van der Waals surface area contributed by atoms with Gasteiger partial charge in [-0.05, 0) is 63.1 Å². The lowest BCUT2D eigenvalue weighted by Gasteiger charge is -2.32.